The number of hydrogen-bond donors (Lipinski definition) is 2. The molecule has 1 amide bonds. The minimum Gasteiger partial charge on any atom is -0.480 e. The van der Waals surface area contributed by atoms with Gasteiger partial charge in [-0.25, -0.2) is 17.5 Å². The van der Waals surface area contributed by atoms with Gasteiger partial charge in [0.2, 0.25) is 15.9 Å². The molecule has 2 N–H and O–H groups in total. The van der Waals surface area contributed by atoms with Gasteiger partial charge in [0.25, 0.3) is 0 Å². The first-order valence-electron chi connectivity index (χ1n) is 6.51. The Kier molecular flexibility index (Phi) is 6.44. The Hall–Kier alpha value is -2.00. The highest BCUT2D eigenvalue weighted by molar-refractivity contribution is 7.89. The molecule has 0 fully saturated rings. The predicted octanol–water partition coefficient (Wildman–Crippen LogP) is 0.427. The van der Waals surface area contributed by atoms with Crippen LogP contribution >= 0.6 is 0 Å². The molecule has 1 rings (SSSR count). The lowest BCUT2D eigenvalue weighted by Gasteiger charge is -2.18. The number of nitrogens with one attached hydrogen (secondary N) is 1. The first-order chi connectivity index (χ1) is 10.3. The summed E-state index contributed by atoms with van der Waals surface area (Å²) in [6.07, 6.45) is -0.165. The molecule has 22 heavy (non-hydrogen) atoms. The van der Waals surface area contributed by atoms with Crippen LogP contribution in [0.2, 0.25) is 0 Å². The molecule has 1 aromatic carbocycles. The van der Waals surface area contributed by atoms with Gasteiger partial charge in [-0.2, -0.15) is 0 Å². The van der Waals surface area contributed by atoms with E-state index in [0.717, 1.165) is 29.2 Å². The second-order valence-electron chi connectivity index (χ2n) is 4.40. The fraction of sp³-hybridized carbons (Fsp3) is 0.385. The highest BCUT2D eigenvalue weighted by Gasteiger charge is 2.17. The van der Waals surface area contributed by atoms with Gasteiger partial charge >= 0.3 is 5.97 Å². The number of carboxylic acids is 1. The highest BCUT2D eigenvalue weighted by Crippen LogP contribution is 2.09. The molecule has 7 nitrogen and oxygen atoms in total. The van der Waals surface area contributed by atoms with E-state index in [0.29, 0.717) is 0 Å². The van der Waals surface area contributed by atoms with Crippen molar-refractivity contribution < 1.29 is 27.5 Å². The van der Waals surface area contributed by atoms with Crippen LogP contribution in [0.5, 0.6) is 0 Å². The second kappa shape index (κ2) is 7.85. The fourth-order valence-electron chi connectivity index (χ4n) is 1.69. The van der Waals surface area contributed by atoms with Crippen molar-refractivity contribution in [1.29, 1.82) is 0 Å². The zero-order valence-corrected chi connectivity index (χ0v) is 12.8. The number of halogens is 1. The Morgan fingerprint density at radius 3 is 2.36 bits per heavy atom. The van der Waals surface area contributed by atoms with Crippen LogP contribution in [0.15, 0.2) is 29.2 Å². The summed E-state index contributed by atoms with van der Waals surface area (Å²) in [6.45, 7) is 1.24. The summed E-state index contributed by atoms with van der Waals surface area (Å²) < 4.78 is 38.7. The van der Waals surface area contributed by atoms with Crippen LogP contribution in [0, 0.1) is 5.82 Å². The molecule has 0 heterocycles. The average Bonchev–Trinajstić information content (AvgIpc) is 2.44. The van der Waals surface area contributed by atoms with E-state index in [1.807, 2.05) is 0 Å². The Balaban J connectivity index is 2.57. The Labute approximate surface area is 127 Å². The molecule has 1 aromatic rings. The van der Waals surface area contributed by atoms with Crippen LogP contribution in [-0.4, -0.2) is 49.9 Å². The van der Waals surface area contributed by atoms with E-state index in [4.69, 9.17) is 5.11 Å². The lowest BCUT2D eigenvalue weighted by molar-refractivity contribution is -0.144. The van der Waals surface area contributed by atoms with Crippen molar-refractivity contribution in [3.05, 3.63) is 30.1 Å². The molecule has 0 saturated heterocycles. The van der Waals surface area contributed by atoms with Gasteiger partial charge in [-0.05, 0) is 31.2 Å². The number of hydrogen-bond acceptors (Lipinski definition) is 4. The number of carbonyl (C=O) groups is 2. The Bertz CT molecular complexity index is 630. The summed E-state index contributed by atoms with van der Waals surface area (Å²) in [5.41, 5.74) is 0. The minimum atomic E-state index is -3.83. The number of sulfonamides is 1. The van der Waals surface area contributed by atoms with Gasteiger partial charge in [0.05, 0.1) is 4.90 Å². The van der Waals surface area contributed by atoms with Crippen LogP contribution in [0.3, 0.4) is 0 Å². The van der Waals surface area contributed by atoms with Crippen molar-refractivity contribution in [3.8, 4) is 0 Å². The Morgan fingerprint density at radius 2 is 1.86 bits per heavy atom. The molecular formula is C13H17FN2O5S. The lowest BCUT2D eigenvalue weighted by atomic mass is 10.3. The molecule has 0 aromatic heterocycles. The lowest BCUT2D eigenvalue weighted by Crippen LogP contribution is -2.37. The van der Waals surface area contributed by atoms with Crippen LogP contribution in [0.1, 0.15) is 13.3 Å². The van der Waals surface area contributed by atoms with E-state index in [2.05, 4.69) is 4.72 Å². The quantitative estimate of drug-likeness (QED) is 0.718. The van der Waals surface area contributed by atoms with Gasteiger partial charge < -0.3 is 10.0 Å². The van der Waals surface area contributed by atoms with E-state index in [-0.39, 0.29) is 24.4 Å². The van der Waals surface area contributed by atoms with Crippen LogP contribution in [-0.2, 0) is 19.6 Å². The van der Waals surface area contributed by atoms with Gasteiger partial charge in [-0.1, -0.05) is 0 Å². The number of nitrogens with zero attached hydrogens (tertiary/aromatic N) is 1. The number of aliphatic carboxylic acids is 1. The largest absolute Gasteiger partial charge is 0.480 e. The third kappa shape index (κ3) is 5.41. The number of carboxylic acid groups (broad SMARTS) is 1. The first kappa shape index (κ1) is 18.1. The van der Waals surface area contributed by atoms with Crippen molar-refractivity contribution >= 4 is 21.9 Å². The van der Waals surface area contributed by atoms with Crippen molar-refractivity contribution in [2.75, 3.05) is 19.6 Å². The summed E-state index contributed by atoms with van der Waals surface area (Å²) in [6, 6.07) is 4.27. The molecule has 0 spiro atoms. The van der Waals surface area contributed by atoms with Crippen molar-refractivity contribution in [2.24, 2.45) is 0 Å². The average molecular weight is 332 g/mol. The number of amides is 1. The van der Waals surface area contributed by atoms with Gasteiger partial charge in [0.15, 0.2) is 0 Å². The summed E-state index contributed by atoms with van der Waals surface area (Å²) >= 11 is 0. The number of likely N-dealkylation sites (N-methyl/N-ethyl adjacent to an activating group) is 1. The molecule has 0 atom stereocenters. The van der Waals surface area contributed by atoms with Crippen molar-refractivity contribution in [3.63, 3.8) is 0 Å². The minimum absolute atomic E-state index is 0.112. The highest BCUT2D eigenvalue weighted by atomic mass is 32.2. The predicted molar refractivity (Wildman–Crippen MR) is 76.1 cm³/mol. The molecule has 0 aliphatic carbocycles. The van der Waals surface area contributed by atoms with E-state index in [1.54, 1.807) is 6.92 Å². The zero-order valence-electron chi connectivity index (χ0n) is 12.0. The van der Waals surface area contributed by atoms with Gasteiger partial charge in [-0.15, -0.1) is 0 Å². The molecule has 0 bridgehead atoms. The monoisotopic (exact) mass is 332 g/mol. The second-order valence-corrected chi connectivity index (χ2v) is 6.17. The number of rotatable bonds is 8. The fourth-order valence-corrected chi connectivity index (χ4v) is 2.72. The maximum absolute atomic E-state index is 12.8. The third-order valence-corrected chi connectivity index (χ3v) is 4.29. The summed E-state index contributed by atoms with van der Waals surface area (Å²) in [5.74, 6) is -2.16. The molecule has 122 valence electrons. The van der Waals surface area contributed by atoms with Crippen LogP contribution in [0.25, 0.3) is 0 Å². The molecule has 0 saturated carbocycles. The topological polar surface area (TPSA) is 104 Å². The van der Waals surface area contributed by atoms with Gasteiger partial charge in [0, 0.05) is 19.5 Å². The first-order valence-corrected chi connectivity index (χ1v) is 7.99. The van der Waals surface area contributed by atoms with Gasteiger partial charge in [0.1, 0.15) is 12.4 Å². The zero-order chi connectivity index (χ0) is 16.8. The van der Waals surface area contributed by atoms with E-state index < -0.39 is 34.3 Å². The standard InChI is InChI=1S/C13H17FN2O5S/c1-2-16(9-13(18)19)12(17)7-8-15-22(20,21)11-5-3-10(14)4-6-11/h3-6,15H,2,7-9H2,1H3,(H,18,19). The maximum atomic E-state index is 12.8. The molecule has 0 aliphatic rings. The van der Waals surface area contributed by atoms with Crippen LogP contribution in [0.4, 0.5) is 4.39 Å². The molecule has 0 radical (unpaired) electrons. The number of carbonyl (C=O) groups excluding carboxylic acids is 1. The SMILES string of the molecule is CCN(CC(=O)O)C(=O)CCNS(=O)(=O)c1ccc(F)cc1. The van der Waals surface area contributed by atoms with E-state index in [1.165, 1.54) is 0 Å². The van der Waals surface area contributed by atoms with Crippen molar-refractivity contribution in [1.82, 2.24) is 9.62 Å². The third-order valence-electron chi connectivity index (χ3n) is 2.82. The normalized spacial score (nSPS) is 11.2. The van der Waals surface area contributed by atoms with E-state index >= 15 is 0 Å². The number of benzene rings is 1. The summed E-state index contributed by atoms with van der Waals surface area (Å²) in [7, 11) is -3.83. The van der Waals surface area contributed by atoms with Crippen LogP contribution < -0.4 is 4.72 Å². The van der Waals surface area contributed by atoms with Gasteiger partial charge in [-0.3, -0.25) is 9.59 Å². The summed E-state index contributed by atoms with van der Waals surface area (Å²) in [4.78, 5) is 23.3. The molecule has 0 aliphatic heterocycles. The van der Waals surface area contributed by atoms with Crippen molar-refractivity contribution in [2.45, 2.75) is 18.2 Å². The molecular weight excluding hydrogens is 315 g/mol. The molecule has 0 unspecified atom stereocenters. The van der Waals surface area contributed by atoms with E-state index in [9.17, 15) is 22.4 Å². The summed E-state index contributed by atoms with van der Waals surface area (Å²) in [5, 5.41) is 8.65. The smallest absolute Gasteiger partial charge is 0.323 e. The molecule has 9 heteroatoms. The maximum Gasteiger partial charge on any atom is 0.323 e. The Morgan fingerprint density at radius 1 is 1.27 bits per heavy atom.